The molecule has 0 atom stereocenters. The average molecular weight is 185 g/mol. The van der Waals surface area contributed by atoms with Crippen molar-refractivity contribution in [2.24, 2.45) is 10.1 Å². The molecule has 1 aliphatic heterocycles. The van der Waals surface area contributed by atoms with Gasteiger partial charge in [0.15, 0.2) is 0 Å². The van der Waals surface area contributed by atoms with Crippen LogP contribution in [0.25, 0.3) is 0 Å². The SMILES string of the molecule is C=C1N=CC(c2ccccc2)=NN1C. The molecule has 0 unspecified atom stereocenters. The zero-order chi connectivity index (χ0) is 9.97. The number of hydrogen-bond donors (Lipinski definition) is 0. The van der Waals surface area contributed by atoms with Gasteiger partial charge in [0, 0.05) is 12.6 Å². The van der Waals surface area contributed by atoms with E-state index in [4.69, 9.17) is 0 Å². The first-order chi connectivity index (χ1) is 6.77. The van der Waals surface area contributed by atoms with E-state index in [0.717, 1.165) is 11.3 Å². The second-order valence-corrected chi connectivity index (χ2v) is 3.05. The minimum atomic E-state index is 0.657. The summed E-state index contributed by atoms with van der Waals surface area (Å²) < 4.78 is 0. The van der Waals surface area contributed by atoms with E-state index in [-0.39, 0.29) is 0 Å². The molecule has 1 heterocycles. The fraction of sp³-hybridized carbons (Fsp3) is 0.0909. The van der Waals surface area contributed by atoms with E-state index < -0.39 is 0 Å². The van der Waals surface area contributed by atoms with Crippen molar-refractivity contribution >= 4 is 11.9 Å². The molecule has 1 aromatic carbocycles. The van der Waals surface area contributed by atoms with Crippen molar-refractivity contribution in [3.05, 3.63) is 48.3 Å². The van der Waals surface area contributed by atoms with Crippen molar-refractivity contribution < 1.29 is 0 Å². The van der Waals surface area contributed by atoms with Crippen molar-refractivity contribution in [1.82, 2.24) is 5.01 Å². The minimum Gasteiger partial charge on any atom is -0.251 e. The van der Waals surface area contributed by atoms with E-state index >= 15 is 0 Å². The lowest BCUT2D eigenvalue weighted by Gasteiger charge is -2.17. The molecule has 0 aliphatic carbocycles. The molecule has 3 nitrogen and oxygen atoms in total. The molecule has 0 spiro atoms. The predicted molar refractivity (Wildman–Crippen MR) is 58.4 cm³/mol. The highest BCUT2D eigenvalue weighted by Crippen LogP contribution is 2.09. The van der Waals surface area contributed by atoms with Gasteiger partial charge in [0.2, 0.25) is 0 Å². The molecule has 0 saturated carbocycles. The maximum absolute atomic E-state index is 4.33. The van der Waals surface area contributed by atoms with Gasteiger partial charge in [-0.3, -0.25) is 5.01 Å². The van der Waals surface area contributed by atoms with Crippen LogP contribution in [0.2, 0.25) is 0 Å². The van der Waals surface area contributed by atoms with Gasteiger partial charge in [-0.1, -0.05) is 36.9 Å². The van der Waals surface area contributed by atoms with Gasteiger partial charge in [-0.05, 0) is 0 Å². The van der Waals surface area contributed by atoms with Crippen LogP contribution in [-0.2, 0) is 0 Å². The van der Waals surface area contributed by atoms with Gasteiger partial charge in [0.1, 0.15) is 11.5 Å². The van der Waals surface area contributed by atoms with Gasteiger partial charge in [-0.15, -0.1) is 0 Å². The Morgan fingerprint density at radius 2 is 1.93 bits per heavy atom. The van der Waals surface area contributed by atoms with Crippen molar-refractivity contribution in [2.75, 3.05) is 7.05 Å². The van der Waals surface area contributed by atoms with Gasteiger partial charge >= 0.3 is 0 Å². The van der Waals surface area contributed by atoms with Crippen LogP contribution >= 0.6 is 0 Å². The number of benzene rings is 1. The minimum absolute atomic E-state index is 0.657. The highest BCUT2D eigenvalue weighted by Gasteiger charge is 2.08. The molecule has 0 fully saturated rings. The van der Waals surface area contributed by atoms with Gasteiger partial charge < -0.3 is 0 Å². The Kier molecular flexibility index (Phi) is 2.14. The van der Waals surface area contributed by atoms with Gasteiger partial charge in [0.25, 0.3) is 0 Å². The van der Waals surface area contributed by atoms with Crippen molar-refractivity contribution in [3.8, 4) is 0 Å². The van der Waals surface area contributed by atoms with Crippen molar-refractivity contribution in [2.45, 2.75) is 0 Å². The first kappa shape index (κ1) is 8.69. The van der Waals surface area contributed by atoms with E-state index in [2.05, 4.69) is 16.7 Å². The van der Waals surface area contributed by atoms with Crippen LogP contribution in [0.3, 0.4) is 0 Å². The quantitative estimate of drug-likeness (QED) is 0.656. The van der Waals surface area contributed by atoms with Crippen LogP contribution in [0, 0.1) is 0 Å². The second-order valence-electron chi connectivity index (χ2n) is 3.05. The molecule has 0 bridgehead atoms. The standard InChI is InChI=1S/C11H11N3/c1-9-12-8-11(13-14(9)2)10-6-4-3-5-7-10/h3-8H,1H2,2H3. The smallest absolute Gasteiger partial charge is 0.141 e. The Bertz CT molecular complexity index is 404. The Balaban J connectivity index is 2.34. The number of hydrazone groups is 1. The van der Waals surface area contributed by atoms with Crippen LogP contribution in [0.15, 0.2) is 52.8 Å². The molecule has 3 heteroatoms. The highest BCUT2D eigenvalue weighted by atomic mass is 15.5. The summed E-state index contributed by atoms with van der Waals surface area (Å²) >= 11 is 0. The summed E-state index contributed by atoms with van der Waals surface area (Å²) in [6.45, 7) is 3.74. The molecular formula is C11H11N3. The second kappa shape index (κ2) is 3.46. The van der Waals surface area contributed by atoms with E-state index in [0.29, 0.717) is 5.82 Å². The summed E-state index contributed by atoms with van der Waals surface area (Å²) in [6, 6.07) is 9.95. The van der Waals surface area contributed by atoms with E-state index in [1.54, 1.807) is 11.2 Å². The van der Waals surface area contributed by atoms with Gasteiger partial charge in [-0.25, -0.2) is 4.99 Å². The van der Waals surface area contributed by atoms with Crippen molar-refractivity contribution in [1.29, 1.82) is 0 Å². The number of aliphatic imine (C=N–C) groups is 1. The summed E-state index contributed by atoms with van der Waals surface area (Å²) in [5.41, 5.74) is 1.93. The fourth-order valence-corrected chi connectivity index (χ4v) is 1.21. The normalized spacial score (nSPS) is 15.6. The largest absolute Gasteiger partial charge is 0.251 e. The molecule has 0 radical (unpaired) electrons. The molecule has 1 aromatic rings. The topological polar surface area (TPSA) is 28.0 Å². The van der Waals surface area contributed by atoms with Crippen LogP contribution < -0.4 is 0 Å². The molecule has 1 aliphatic rings. The van der Waals surface area contributed by atoms with Gasteiger partial charge in [0.05, 0.1) is 6.21 Å². The zero-order valence-corrected chi connectivity index (χ0v) is 8.01. The molecule has 14 heavy (non-hydrogen) atoms. The number of nitrogens with zero attached hydrogens (tertiary/aromatic N) is 3. The Labute approximate surface area is 83.1 Å². The third kappa shape index (κ3) is 1.57. The Hall–Kier alpha value is -1.90. The predicted octanol–water partition coefficient (Wildman–Crippen LogP) is 1.88. The maximum atomic E-state index is 4.33. The molecule has 0 saturated heterocycles. The molecule has 0 amide bonds. The first-order valence-corrected chi connectivity index (χ1v) is 4.38. The summed E-state index contributed by atoms with van der Waals surface area (Å²) in [5.74, 6) is 0.657. The van der Waals surface area contributed by atoms with Crippen LogP contribution in [-0.4, -0.2) is 24.0 Å². The van der Waals surface area contributed by atoms with E-state index in [1.165, 1.54) is 0 Å². The fourth-order valence-electron chi connectivity index (χ4n) is 1.21. The lowest BCUT2D eigenvalue weighted by atomic mass is 10.1. The maximum Gasteiger partial charge on any atom is 0.141 e. The summed E-state index contributed by atoms with van der Waals surface area (Å²) in [6.07, 6.45) is 1.73. The Morgan fingerprint density at radius 1 is 1.21 bits per heavy atom. The molecule has 70 valence electrons. The monoisotopic (exact) mass is 185 g/mol. The summed E-state index contributed by atoms with van der Waals surface area (Å²) in [5, 5.41) is 6.00. The van der Waals surface area contributed by atoms with Crippen molar-refractivity contribution in [3.63, 3.8) is 0 Å². The number of hydrogen-bond acceptors (Lipinski definition) is 3. The first-order valence-electron chi connectivity index (χ1n) is 4.38. The molecular weight excluding hydrogens is 174 g/mol. The Morgan fingerprint density at radius 3 is 2.57 bits per heavy atom. The lowest BCUT2D eigenvalue weighted by Crippen LogP contribution is -2.19. The summed E-state index contributed by atoms with van der Waals surface area (Å²) in [7, 11) is 1.84. The highest BCUT2D eigenvalue weighted by molar-refractivity contribution is 6.38. The molecule has 2 rings (SSSR count). The molecule has 0 N–H and O–H groups in total. The average Bonchev–Trinajstić information content (AvgIpc) is 2.23. The number of rotatable bonds is 1. The third-order valence-corrected chi connectivity index (χ3v) is 2.04. The summed E-state index contributed by atoms with van der Waals surface area (Å²) in [4.78, 5) is 4.14. The van der Waals surface area contributed by atoms with E-state index in [1.807, 2.05) is 37.4 Å². The van der Waals surface area contributed by atoms with Crippen LogP contribution in [0.1, 0.15) is 5.56 Å². The van der Waals surface area contributed by atoms with Gasteiger partial charge in [-0.2, -0.15) is 5.10 Å². The molecule has 0 aromatic heterocycles. The van der Waals surface area contributed by atoms with Crippen LogP contribution in [0.5, 0.6) is 0 Å². The van der Waals surface area contributed by atoms with Crippen LogP contribution in [0.4, 0.5) is 0 Å². The zero-order valence-electron chi connectivity index (χ0n) is 8.01. The third-order valence-electron chi connectivity index (χ3n) is 2.04. The van der Waals surface area contributed by atoms with E-state index in [9.17, 15) is 0 Å². The lowest BCUT2D eigenvalue weighted by molar-refractivity contribution is 0.442.